The number of imidazole rings is 1. The molecule has 4 aromatic rings. The zero-order valence-electron chi connectivity index (χ0n) is 17.8. The summed E-state index contributed by atoms with van der Waals surface area (Å²) in [7, 11) is 0. The van der Waals surface area contributed by atoms with Crippen LogP contribution >= 0.6 is 0 Å². The van der Waals surface area contributed by atoms with Crippen LogP contribution in [0.2, 0.25) is 0 Å². The number of benzene rings is 3. The number of esters is 1. The van der Waals surface area contributed by atoms with E-state index in [1.807, 2.05) is 60.8 Å². The first-order valence-electron chi connectivity index (χ1n) is 10.8. The Hall–Kier alpha value is -3.86. The molecule has 0 fully saturated rings. The van der Waals surface area contributed by atoms with Gasteiger partial charge >= 0.3 is 5.97 Å². The quantitative estimate of drug-likeness (QED) is 0.282. The highest BCUT2D eigenvalue weighted by Gasteiger charge is 2.19. The summed E-state index contributed by atoms with van der Waals surface area (Å²) < 4.78 is 10.7. The highest BCUT2D eigenvalue weighted by Crippen LogP contribution is 2.29. The molecule has 0 aliphatic rings. The maximum Gasteiger partial charge on any atom is 0.344 e. The highest BCUT2D eigenvalue weighted by molar-refractivity contribution is 5.71. The van der Waals surface area contributed by atoms with Crippen LogP contribution in [-0.4, -0.2) is 29.2 Å². The number of rotatable bonds is 10. The van der Waals surface area contributed by atoms with Gasteiger partial charge in [0.2, 0.25) is 0 Å². The third-order valence-electron chi connectivity index (χ3n) is 5.14. The third kappa shape index (κ3) is 5.85. The van der Waals surface area contributed by atoms with Crippen LogP contribution in [0.5, 0.6) is 5.75 Å². The lowest BCUT2D eigenvalue weighted by atomic mass is 9.91. The van der Waals surface area contributed by atoms with Crippen molar-refractivity contribution in [3.63, 3.8) is 0 Å². The fourth-order valence-electron chi connectivity index (χ4n) is 3.60. The standard InChI is InChI=1S/C27H26N2O3/c30-25(20-32-24-16-8-3-9-17-24)31-18-10-15-23-19-28-27(29-23)26(21-11-4-1-5-12-21)22-13-6-2-7-14-22/h1-9,11-14,16-17,19,26H,10,15,18,20H2,(H,28,29). The summed E-state index contributed by atoms with van der Waals surface area (Å²) >= 11 is 0. The zero-order valence-corrected chi connectivity index (χ0v) is 17.8. The van der Waals surface area contributed by atoms with E-state index in [1.54, 1.807) is 12.1 Å². The minimum atomic E-state index is -0.368. The average Bonchev–Trinajstić information content (AvgIpc) is 3.31. The lowest BCUT2D eigenvalue weighted by Gasteiger charge is -2.16. The topological polar surface area (TPSA) is 64.2 Å². The predicted octanol–water partition coefficient (Wildman–Crippen LogP) is 5.14. The molecule has 1 heterocycles. The van der Waals surface area contributed by atoms with E-state index in [0.29, 0.717) is 18.8 Å². The van der Waals surface area contributed by atoms with Crippen LogP contribution < -0.4 is 4.74 Å². The van der Waals surface area contributed by atoms with Crippen LogP contribution in [0, 0.1) is 0 Å². The first-order valence-corrected chi connectivity index (χ1v) is 10.8. The smallest absolute Gasteiger partial charge is 0.344 e. The second-order valence-corrected chi connectivity index (χ2v) is 7.47. The van der Waals surface area contributed by atoms with Gasteiger partial charge in [0.1, 0.15) is 11.6 Å². The minimum Gasteiger partial charge on any atom is -0.482 e. The number of aryl methyl sites for hydroxylation is 1. The molecule has 32 heavy (non-hydrogen) atoms. The summed E-state index contributed by atoms with van der Waals surface area (Å²) in [4.78, 5) is 20.0. The predicted molar refractivity (Wildman–Crippen MR) is 124 cm³/mol. The minimum absolute atomic E-state index is 0.0408. The third-order valence-corrected chi connectivity index (χ3v) is 5.14. The molecule has 0 unspecified atom stereocenters. The second kappa shape index (κ2) is 11.0. The summed E-state index contributed by atoms with van der Waals surface area (Å²) in [6.07, 6.45) is 3.32. The van der Waals surface area contributed by atoms with Gasteiger partial charge in [0, 0.05) is 11.9 Å². The normalized spacial score (nSPS) is 10.8. The molecule has 0 aliphatic carbocycles. The molecule has 0 saturated carbocycles. The monoisotopic (exact) mass is 426 g/mol. The molecule has 0 spiro atoms. The van der Waals surface area contributed by atoms with Crippen molar-refractivity contribution in [2.75, 3.05) is 13.2 Å². The van der Waals surface area contributed by atoms with E-state index in [4.69, 9.17) is 9.47 Å². The van der Waals surface area contributed by atoms with Crippen LogP contribution in [0.3, 0.4) is 0 Å². The van der Waals surface area contributed by atoms with E-state index >= 15 is 0 Å². The van der Waals surface area contributed by atoms with Crippen molar-refractivity contribution in [1.82, 2.24) is 9.97 Å². The van der Waals surface area contributed by atoms with Gasteiger partial charge in [0.05, 0.1) is 12.5 Å². The summed E-state index contributed by atoms with van der Waals surface area (Å²) in [6.45, 7) is 0.250. The number of carbonyl (C=O) groups excluding carboxylic acids is 1. The number of para-hydroxylation sites is 1. The van der Waals surface area contributed by atoms with Crippen LogP contribution in [-0.2, 0) is 16.0 Å². The van der Waals surface area contributed by atoms with Gasteiger partial charge in [-0.3, -0.25) is 0 Å². The van der Waals surface area contributed by atoms with Gasteiger partial charge < -0.3 is 14.5 Å². The molecule has 0 amide bonds. The van der Waals surface area contributed by atoms with E-state index in [-0.39, 0.29) is 18.5 Å². The number of H-pyrrole nitrogens is 1. The van der Waals surface area contributed by atoms with Crippen LogP contribution in [0.1, 0.15) is 35.0 Å². The molecule has 5 nitrogen and oxygen atoms in total. The van der Waals surface area contributed by atoms with Crippen molar-refractivity contribution in [2.24, 2.45) is 0 Å². The number of hydrogen-bond donors (Lipinski definition) is 1. The largest absolute Gasteiger partial charge is 0.482 e. The van der Waals surface area contributed by atoms with Crippen molar-refractivity contribution < 1.29 is 14.3 Å². The number of ether oxygens (including phenoxy) is 2. The summed E-state index contributed by atoms with van der Waals surface area (Å²) in [5, 5.41) is 0. The molecule has 0 radical (unpaired) electrons. The molecule has 5 heteroatoms. The lowest BCUT2D eigenvalue weighted by Crippen LogP contribution is -2.15. The van der Waals surface area contributed by atoms with Gasteiger partial charge in [-0.1, -0.05) is 78.9 Å². The van der Waals surface area contributed by atoms with E-state index < -0.39 is 0 Å². The number of aromatic amines is 1. The molecule has 1 aromatic heterocycles. The summed E-state index contributed by atoms with van der Waals surface area (Å²) in [5.74, 6) is 1.23. The maximum absolute atomic E-state index is 11.9. The number of carbonyl (C=O) groups is 1. The molecule has 0 aliphatic heterocycles. The first kappa shape index (κ1) is 21.4. The number of aromatic nitrogens is 2. The molecule has 4 rings (SSSR count). The Morgan fingerprint density at radius 2 is 1.44 bits per heavy atom. The number of hydrogen-bond acceptors (Lipinski definition) is 4. The van der Waals surface area contributed by atoms with Crippen LogP contribution in [0.15, 0.2) is 97.2 Å². The lowest BCUT2D eigenvalue weighted by molar-refractivity contribution is -0.146. The SMILES string of the molecule is O=C(COc1ccccc1)OCCCc1cnc(C(c2ccccc2)c2ccccc2)[nH]1. The highest BCUT2D eigenvalue weighted by atomic mass is 16.6. The molecular formula is C27H26N2O3. The Morgan fingerprint density at radius 1 is 0.844 bits per heavy atom. The van der Waals surface area contributed by atoms with E-state index in [1.165, 1.54) is 11.1 Å². The Labute approximate surface area is 188 Å². The second-order valence-electron chi connectivity index (χ2n) is 7.47. The number of nitrogens with one attached hydrogen (secondary N) is 1. The fraction of sp³-hybridized carbons (Fsp3) is 0.185. The number of nitrogens with zero attached hydrogens (tertiary/aromatic N) is 1. The molecule has 0 saturated heterocycles. The van der Waals surface area contributed by atoms with Crippen molar-refractivity contribution in [3.05, 3.63) is 120 Å². The van der Waals surface area contributed by atoms with Gasteiger partial charge in [-0.05, 0) is 36.1 Å². The van der Waals surface area contributed by atoms with E-state index in [2.05, 4.69) is 34.2 Å². The molecule has 0 bridgehead atoms. The average molecular weight is 427 g/mol. The van der Waals surface area contributed by atoms with Gasteiger partial charge in [0.25, 0.3) is 0 Å². The Bertz CT molecular complexity index is 1060. The summed E-state index contributed by atoms with van der Waals surface area (Å²) in [5.41, 5.74) is 3.40. The first-order chi connectivity index (χ1) is 15.8. The van der Waals surface area contributed by atoms with Crippen molar-refractivity contribution in [2.45, 2.75) is 18.8 Å². The van der Waals surface area contributed by atoms with E-state index in [9.17, 15) is 4.79 Å². The Kier molecular flexibility index (Phi) is 7.32. The van der Waals surface area contributed by atoms with E-state index in [0.717, 1.165) is 17.9 Å². The molecule has 1 N–H and O–H groups in total. The summed E-state index contributed by atoms with van der Waals surface area (Å²) in [6, 6.07) is 29.9. The van der Waals surface area contributed by atoms with Gasteiger partial charge in [0.15, 0.2) is 6.61 Å². The molecule has 162 valence electrons. The molecule has 3 aromatic carbocycles. The maximum atomic E-state index is 11.9. The molecule has 0 atom stereocenters. The fourth-order valence-corrected chi connectivity index (χ4v) is 3.60. The van der Waals surface area contributed by atoms with Gasteiger partial charge in [-0.2, -0.15) is 0 Å². The van der Waals surface area contributed by atoms with Gasteiger partial charge in [-0.25, -0.2) is 9.78 Å². The van der Waals surface area contributed by atoms with Crippen molar-refractivity contribution >= 4 is 5.97 Å². The van der Waals surface area contributed by atoms with Gasteiger partial charge in [-0.15, -0.1) is 0 Å². The van der Waals surface area contributed by atoms with Crippen molar-refractivity contribution in [1.29, 1.82) is 0 Å². The Morgan fingerprint density at radius 3 is 2.06 bits per heavy atom. The zero-order chi connectivity index (χ0) is 22.0. The van der Waals surface area contributed by atoms with Crippen LogP contribution in [0.4, 0.5) is 0 Å². The molecular weight excluding hydrogens is 400 g/mol. The van der Waals surface area contributed by atoms with Crippen LogP contribution in [0.25, 0.3) is 0 Å². The Balaban J connectivity index is 1.30. The van der Waals surface area contributed by atoms with Crippen molar-refractivity contribution in [3.8, 4) is 5.75 Å².